The van der Waals surface area contributed by atoms with E-state index in [2.05, 4.69) is 10.6 Å². The van der Waals surface area contributed by atoms with Crippen molar-refractivity contribution in [2.24, 2.45) is 0 Å². The van der Waals surface area contributed by atoms with E-state index >= 15 is 0 Å². The summed E-state index contributed by atoms with van der Waals surface area (Å²) in [6.45, 7) is 5.22. The van der Waals surface area contributed by atoms with Gasteiger partial charge in [-0.2, -0.15) is 0 Å². The first-order valence-corrected chi connectivity index (χ1v) is 9.47. The number of hydrogen-bond donors (Lipinski definition) is 2. The van der Waals surface area contributed by atoms with Crippen molar-refractivity contribution in [1.29, 1.82) is 0 Å². The molecule has 0 aliphatic rings. The monoisotopic (exact) mass is 401 g/mol. The molecule has 2 amide bonds. The quantitative estimate of drug-likeness (QED) is 0.642. The number of hydrogen-bond acceptors (Lipinski definition) is 4. The van der Waals surface area contributed by atoms with Gasteiger partial charge in [0.25, 0.3) is 0 Å². The summed E-state index contributed by atoms with van der Waals surface area (Å²) in [6.07, 6.45) is 0. The number of carbonyl (C=O) groups excluding carboxylic acids is 2. The summed E-state index contributed by atoms with van der Waals surface area (Å²) in [5.74, 6) is -0.730. The van der Waals surface area contributed by atoms with Crippen molar-refractivity contribution in [3.05, 3.63) is 65.0 Å². The summed E-state index contributed by atoms with van der Waals surface area (Å²) < 4.78 is 18.0. The van der Waals surface area contributed by atoms with Crippen LogP contribution in [0.15, 0.2) is 42.5 Å². The fourth-order valence-electron chi connectivity index (χ4n) is 2.78. The Balaban J connectivity index is 1.89. The first kappa shape index (κ1) is 22.5. The highest BCUT2D eigenvalue weighted by atomic mass is 19.1. The van der Waals surface area contributed by atoms with Crippen molar-refractivity contribution in [3.8, 4) is 0 Å². The third-order valence-corrected chi connectivity index (χ3v) is 4.63. The number of methoxy groups -OCH3 is 1. The van der Waals surface area contributed by atoms with E-state index in [0.29, 0.717) is 19.7 Å². The number of rotatable bonds is 10. The van der Waals surface area contributed by atoms with Gasteiger partial charge in [0.15, 0.2) is 0 Å². The van der Waals surface area contributed by atoms with E-state index in [0.717, 1.165) is 22.4 Å². The molecular formula is C22H28FN3O3. The normalized spacial score (nSPS) is 10.8. The molecule has 6 nitrogen and oxygen atoms in total. The van der Waals surface area contributed by atoms with E-state index in [9.17, 15) is 14.0 Å². The molecule has 2 aromatic rings. The molecule has 0 fully saturated rings. The number of carbonyl (C=O) groups is 2. The molecule has 7 heteroatoms. The largest absolute Gasteiger partial charge is 0.383 e. The van der Waals surface area contributed by atoms with Gasteiger partial charge in [-0.05, 0) is 48.7 Å². The number of benzene rings is 2. The van der Waals surface area contributed by atoms with E-state index < -0.39 is 0 Å². The van der Waals surface area contributed by atoms with E-state index in [-0.39, 0.29) is 30.7 Å². The Bertz CT molecular complexity index is 825. The Morgan fingerprint density at radius 1 is 1.03 bits per heavy atom. The number of nitrogens with zero attached hydrogens (tertiary/aromatic N) is 1. The highest BCUT2D eigenvalue weighted by Gasteiger charge is 2.15. The summed E-state index contributed by atoms with van der Waals surface area (Å²) in [4.78, 5) is 26.5. The number of ether oxygens (including phenoxy) is 1. The molecule has 0 saturated carbocycles. The van der Waals surface area contributed by atoms with Gasteiger partial charge in [0.1, 0.15) is 5.82 Å². The molecule has 0 unspecified atom stereocenters. The molecule has 0 heterocycles. The number of nitrogens with one attached hydrogen (secondary N) is 2. The van der Waals surface area contributed by atoms with Crippen LogP contribution in [0.4, 0.5) is 10.1 Å². The molecule has 2 rings (SSSR count). The van der Waals surface area contributed by atoms with Gasteiger partial charge in [-0.1, -0.05) is 24.3 Å². The van der Waals surface area contributed by atoms with Gasteiger partial charge in [0.05, 0.1) is 19.7 Å². The molecule has 0 saturated heterocycles. The fraction of sp³-hybridized carbons (Fsp3) is 0.364. The summed E-state index contributed by atoms with van der Waals surface area (Å²) in [7, 11) is 1.57. The lowest BCUT2D eigenvalue weighted by Gasteiger charge is -2.21. The van der Waals surface area contributed by atoms with Crippen LogP contribution in [0.2, 0.25) is 0 Å². The lowest BCUT2D eigenvalue weighted by atomic mass is 10.1. The molecule has 0 radical (unpaired) electrons. The average Bonchev–Trinajstić information content (AvgIpc) is 2.69. The third kappa shape index (κ3) is 7.63. The minimum absolute atomic E-state index is 0.0603. The summed E-state index contributed by atoms with van der Waals surface area (Å²) in [5.41, 5.74) is 3.68. The van der Waals surface area contributed by atoms with Crippen LogP contribution in [-0.4, -0.2) is 50.1 Å². The Labute approximate surface area is 171 Å². The maximum absolute atomic E-state index is 13.0. The first-order valence-electron chi connectivity index (χ1n) is 9.47. The predicted molar refractivity (Wildman–Crippen MR) is 111 cm³/mol. The summed E-state index contributed by atoms with van der Waals surface area (Å²) in [5, 5.41) is 5.69. The van der Waals surface area contributed by atoms with Gasteiger partial charge in [-0.3, -0.25) is 14.5 Å². The van der Waals surface area contributed by atoms with E-state index in [1.165, 1.54) is 12.1 Å². The zero-order valence-electron chi connectivity index (χ0n) is 17.1. The molecule has 156 valence electrons. The molecule has 0 spiro atoms. The Kier molecular flexibility index (Phi) is 8.76. The van der Waals surface area contributed by atoms with E-state index in [4.69, 9.17) is 4.74 Å². The molecule has 0 aliphatic heterocycles. The van der Waals surface area contributed by atoms with Gasteiger partial charge in [0.2, 0.25) is 11.8 Å². The highest BCUT2D eigenvalue weighted by molar-refractivity contribution is 5.93. The van der Waals surface area contributed by atoms with Crippen molar-refractivity contribution in [2.75, 3.05) is 38.7 Å². The van der Waals surface area contributed by atoms with Crippen LogP contribution in [-0.2, 0) is 20.9 Å². The second-order valence-electron chi connectivity index (χ2n) is 6.90. The zero-order chi connectivity index (χ0) is 21.2. The zero-order valence-corrected chi connectivity index (χ0v) is 17.1. The topological polar surface area (TPSA) is 70.7 Å². The second kappa shape index (κ2) is 11.3. The smallest absolute Gasteiger partial charge is 0.238 e. The van der Waals surface area contributed by atoms with Crippen molar-refractivity contribution in [3.63, 3.8) is 0 Å². The van der Waals surface area contributed by atoms with Crippen LogP contribution in [0.5, 0.6) is 0 Å². The molecule has 29 heavy (non-hydrogen) atoms. The van der Waals surface area contributed by atoms with E-state index in [1.807, 2.05) is 32.0 Å². The van der Waals surface area contributed by atoms with Crippen LogP contribution in [0.1, 0.15) is 16.7 Å². The highest BCUT2D eigenvalue weighted by Crippen LogP contribution is 2.17. The van der Waals surface area contributed by atoms with Gasteiger partial charge in [0, 0.05) is 25.9 Å². The molecule has 0 aliphatic carbocycles. The molecule has 0 bridgehead atoms. The Morgan fingerprint density at radius 2 is 1.72 bits per heavy atom. The van der Waals surface area contributed by atoms with Crippen LogP contribution in [0.3, 0.4) is 0 Å². The number of amides is 2. The first-order chi connectivity index (χ1) is 13.9. The lowest BCUT2D eigenvalue weighted by molar-refractivity contribution is -0.123. The Morgan fingerprint density at radius 3 is 2.41 bits per heavy atom. The van der Waals surface area contributed by atoms with Gasteiger partial charge in [-0.25, -0.2) is 4.39 Å². The molecule has 2 N–H and O–H groups in total. The molecule has 0 atom stereocenters. The van der Waals surface area contributed by atoms with Crippen molar-refractivity contribution in [1.82, 2.24) is 10.2 Å². The SMILES string of the molecule is COCCN(CC(=O)NCc1ccc(F)cc1)CC(=O)Nc1cccc(C)c1C. The van der Waals surface area contributed by atoms with Crippen LogP contribution < -0.4 is 10.6 Å². The van der Waals surface area contributed by atoms with Crippen molar-refractivity contribution in [2.45, 2.75) is 20.4 Å². The van der Waals surface area contributed by atoms with E-state index in [1.54, 1.807) is 24.1 Å². The molecule has 2 aromatic carbocycles. The Hall–Kier alpha value is -2.77. The molecular weight excluding hydrogens is 373 g/mol. The second-order valence-corrected chi connectivity index (χ2v) is 6.90. The van der Waals surface area contributed by atoms with Gasteiger partial charge < -0.3 is 15.4 Å². The minimum atomic E-state index is -0.319. The number of aryl methyl sites for hydroxylation is 1. The van der Waals surface area contributed by atoms with Crippen molar-refractivity contribution < 1.29 is 18.7 Å². The van der Waals surface area contributed by atoms with Gasteiger partial charge in [-0.15, -0.1) is 0 Å². The standard InChI is InChI=1S/C22H28FN3O3/c1-16-5-4-6-20(17(16)2)25-22(28)15-26(11-12-29-3)14-21(27)24-13-18-7-9-19(23)10-8-18/h4-10H,11-15H2,1-3H3,(H,24,27)(H,25,28). The van der Waals surface area contributed by atoms with Crippen LogP contribution in [0.25, 0.3) is 0 Å². The predicted octanol–water partition coefficient (Wildman–Crippen LogP) is 2.65. The molecule has 0 aromatic heterocycles. The maximum atomic E-state index is 13.0. The van der Waals surface area contributed by atoms with Crippen LogP contribution in [0, 0.1) is 19.7 Å². The fourth-order valence-corrected chi connectivity index (χ4v) is 2.78. The average molecular weight is 401 g/mol. The van der Waals surface area contributed by atoms with Crippen molar-refractivity contribution >= 4 is 17.5 Å². The third-order valence-electron chi connectivity index (χ3n) is 4.63. The minimum Gasteiger partial charge on any atom is -0.383 e. The maximum Gasteiger partial charge on any atom is 0.238 e. The summed E-state index contributed by atoms with van der Waals surface area (Å²) >= 11 is 0. The van der Waals surface area contributed by atoms with Gasteiger partial charge >= 0.3 is 0 Å². The lowest BCUT2D eigenvalue weighted by Crippen LogP contribution is -2.42. The number of anilines is 1. The summed E-state index contributed by atoms with van der Waals surface area (Å²) in [6, 6.07) is 11.7. The van der Waals surface area contributed by atoms with Crippen LogP contribution >= 0.6 is 0 Å². The number of halogens is 1.